The summed E-state index contributed by atoms with van der Waals surface area (Å²) in [5.74, 6) is -1.08. The molecule has 0 bridgehead atoms. The van der Waals surface area contributed by atoms with Crippen molar-refractivity contribution >= 4 is 16.0 Å². The van der Waals surface area contributed by atoms with E-state index in [4.69, 9.17) is 5.11 Å². The molecule has 19 heavy (non-hydrogen) atoms. The van der Waals surface area contributed by atoms with Gasteiger partial charge in [0, 0.05) is 12.6 Å². The number of hydrogen-bond donors (Lipinski definition) is 2. The number of hydrogen-bond acceptors (Lipinski definition) is 4. The van der Waals surface area contributed by atoms with Crippen molar-refractivity contribution in [1.29, 1.82) is 0 Å². The largest absolute Gasteiger partial charge is 0.476 e. The van der Waals surface area contributed by atoms with E-state index in [0.717, 1.165) is 6.42 Å². The van der Waals surface area contributed by atoms with Gasteiger partial charge in [0.1, 0.15) is 4.90 Å². The maximum atomic E-state index is 12.6. The van der Waals surface area contributed by atoms with Crippen LogP contribution in [0.5, 0.6) is 0 Å². The fraction of sp³-hybridized carbons (Fsp3) is 0.636. The second kappa shape index (κ2) is 4.61. The topological polar surface area (TPSA) is 103 Å². The third-order valence-corrected chi connectivity index (χ3v) is 5.53. The highest BCUT2D eigenvalue weighted by Gasteiger charge is 2.40. The molecule has 2 N–H and O–H groups in total. The Labute approximate surface area is 111 Å². The van der Waals surface area contributed by atoms with E-state index in [0.29, 0.717) is 6.54 Å². The molecule has 2 unspecified atom stereocenters. The van der Waals surface area contributed by atoms with E-state index >= 15 is 0 Å². The standard InChI is InChI=1S/C11H17N3O4S/c1-6-4-7(2)14(5-6)19(17,18)10-8(3)12-13-9(10)11(15)16/h6-7H,4-5H2,1-3H3,(H,12,13)(H,15,16). The molecule has 2 atom stereocenters. The van der Waals surface area contributed by atoms with Crippen LogP contribution in [-0.4, -0.2) is 46.6 Å². The van der Waals surface area contributed by atoms with Crippen LogP contribution in [0.25, 0.3) is 0 Å². The van der Waals surface area contributed by atoms with Gasteiger partial charge in [-0.3, -0.25) is 5.10 Å². The molecule has 0 aromatic carbocycles. The normalized spacial score (nSPS) is 24.8. The zero-order valence-corrected chi connectivity index (χ0v) is 11.9. The first-order valence-electron chi connectivity index (χ1n) is 6.05. The Morgan fingerprint density at radius 3 is 2.58 bits per heavy atom. The van der Waals surface area contributed by atoms with Gasteiger partial charge in [-0.2, -0.15) is 9.40 Å². The van der Waals surface area contributed by atoms with E-state index in [2.05, 4.69) is 10.2 Å². The van der Waals surface area contributed by atoms with Crippen molar-refractivity contribution in [3.8, 4) is 0 Å². The van der Waals surface area contributed by atoms with Crippen molar-refractivity contribution in [2.75, 3.05) is 6.54 Å². The number of carboxylic acid groups (broad SMARTS) is 1. The third kappa shape index (κ3) is 2.25. The number of carboxylic acids is 1. The van der Waals surface area contributed by atoms with E-state index < -0.39 is 21.7 Å². The molecule has 0 radical (unpaired) electrons. The molecule has 1 aromatic rings. The Morgan fingerprint density at radius 2 is 2.11 bits per heavy atom. The molecule has 2 heterocycles. The number of rotatable bonds is 3. The molecule has 1 aliphatic rings. The average Bonchev–Trinajstić information content (AvgIpc) is 2.82. The van der Waals surface area contributed by atoms with Gasteiger partial charge in [0.15, 0.2) is 5.69 Å². The molecule has 0 amide bonds. The van der Waals surface area contributed by atoms with Crippen LogP contribution >= 0.6 is 0 Å². The van der Waals surface area contributed by atoms with Crippen LogP contribution in [0.4, 0.5) is 0 Å². The first kappa shape index (κ1) is 14.0. The average molecular weight is 287 g/mol. The summed E-state index contributed by atoms with van der Waals surface area (Å²) in [6, 6.07) is -0.129. The number of carbonyl (C=O) groups is 1. The van der Waals surface area contributed by atoms with Crippen molar-refractivity contribution < 1.29 is 18.3 Å². The molecule has 0 spiro atoms. The molecule has 106 valence electrons. The Bertz CT molecular complexity index is 607. The maximum absolute atomic E-state index is 12.6. The van der Waals surface area contributed by atoms with Gasteiger partial charge >= 0.3 is 5.97 Å². The van der Waals surface area contributed by atoms with Crippen LogP contribution < -0.4 is 0 Å². The zero-order valence-electron chi connectivity index (χ0n) is 11.0. The quantitative estimate of drug-likeness (QED) is 0.857. The third-order valence-electron chi connectivity index (χ3n) is 3.39. The summed E-state index contributed by atoms with van der Waals surface area (Å²) < 4.78 is 26.6. The lowest BCUT2D eigenvalue weighted by Gasteiger charge is -2.20. The summed E-state index contributed by atoms with van der Waals surface area (Å²) in [6.07, 6.45) is 0.776. The van der Waals surface area contributed by atoms with Crippen LogP contribution in [0.1, 0.15) is 36.5 Å². The second-order valence-electron chi connectivity index (χ2n) is 5.10. The van der Waals surface area contributed by atoms with Crippen LogP contribution in [0.2, 0.25) is 0 Å². The van der Waals surface area contributed by atoms with Crippen molar-refractivity contribution in [1.82, 2.24) is 14.5 Å². The van der Waals surface area contributed by atoms with Gasteiger partial charge < -0.3 is 5.11 Å². The van der Waals surface area contributed by atoms with Crippen molar-refractivity contribution in [3.63, 3.8) is 0 Å². The molecule has 1 saturated heterocycles. The number of aromatic nitrogens is 2. The van der Waals surface area contributed by atoms with E-state index in [9.17, 15) is 13.2 Å². The Kier molecular flexibility index (Phi) is 3.40. The number of aryl methyl sites for hydroxylation is 1. The van der Waals surface area contributed by atoms with Gasteiger partial charge in [-0.1, -0.05) is 6.92 Å². The fourth-order valence-corrected chi connectivity index (χ4v) is 4.65. The van der Waals surface area contributed by atoms with Gasteiger partial charge in [-0.25, -0.2) is 13.2 Å². The van der Waals surface area contributed by atoms with Crippen LogP contribution in [-0.2, 0) is 10.0 Å². The molecule has 1 aromatic heterocycles. The summed E-state index contributed by atoms with van der Waals surface area (Å²) in [7, 11) is -3.83. The maximum Gasteiger partial charge on any atom is 0.357 e. The Balaban J connectivity index is 2.51. The first-order valence-corrected chi connectivity index (χ1v) is 7.49. The lowest BCUT2D eigenvalue weighted by atomic mass is 10.1. The van der Waals surface area contributed by atoms with Crippen molar-refractivity contribution in [2.24, 2.45) is 5.92 Å². The van der Waals surface area contributed by atoms with E-state index in [1.807, 2.05) is 13.8 Å². The summed E-state index contributed by atoms with van der Waals surface area (Å²) in [5.41, 5.74) is -0.187. The molecular weight excluding hydrogens is 270 g/mol. The monoisotopic (exact) mass is 287 g/mol. The summed E-state index contributed by atoms with van der Waals surface area (Å²) in [4.78, 5) is 10.9. The number of sulfonamides is 1. The van der Waals surface area contributed by atoms with E-state index in [1.54, 1.807) is 0 Å². The number of nitrogens with one attached hydrogen (secondary N) is 1. The van der Waals surface area contributed by atoms with Gasteiger partial charge in [0.2, 0.25) is 10.0 Å². The van der Waals surface area contributed by atoms with E-state index in [-0.39, 0.29) is 22.5 Å². The first-order chi connectivity index (χ1) is 8.75. The van der Waals surface area contributed by atoms with Gasteiger partial charge in [0.25, 0.3) is 0 Å². The second-order valence-corrected chi connectivity index (χ2v) is 6.92. The van der Waals surface area contributed by atoms with Crippen LogP contribution in [0.3, 0.4) is 0 Å². The minimum absolute atomic E-state index is 0.129. The Hall–Kier alpha value is -1.41. The number of H-pyrrole nitrogens is 1. The minimum atomic E-state index is -3.83. The fourth-order valence-electron chi connectivity index (χ4n) is 2.59. The molecule has 1 aliphatic heterocycles. The SMILES string of the molecule is Cc1[nH]nc(C(=O)O)c1S(=O)(=O)N1CC(C)CC1C. The molecule has 8 heteroatoms. The lowest BCUT2D eigenvalue weighted by molar-refractivity contribution is 0.0686. The van der Waals surface area contributed by atoms with Crippen molar-refractivity contribution in [2.45, 2.75) is 38.1 Å². The molecule has 2 rings (SSSR count). The smallest absolute Gasteiger partial charge is 0.357 e. The highest BCUT2D eigenvalue weighted by Crippen LogP contribution is 2.31. The molecular formula is C11H17N3O4S. The predicted octanol–water partition coefficient (Wildman–Crippen LogP) is 0.835. The van der Waals surface area contributed by atoms with Crippen LogP contribution in [0.15, 0.2) is 4.90 Å². The molecule has 7 nitrogen and oxygen atoms in total. The van der Waals surface area contributed by atoms with Crippen LogP contribution in [0, 0.1) is 12.8 Å². The highest BCUT2D eigenvalue weighted by molar-refractivity contribution is 7.89. The van der Waals surface area contributed by atoms with E-state index in [1.165, 1.54) is 11.2 Å². The summed E-state index contributed by atoms with van der Waals surface area (Å²) >= 11 is 0. The Morgan fingerprint density at radius 1 is 1.47 bits per heavy atom. The van der Waals surface area contributed by atoms with Crippen molar-refractivity contribution in [3.05, 3.63) is 11.4 Å². The highest BCUT2D eigenvalue weighted by atomic mass is 32.2. The van der Waals surface area contributed by atoms with Gasteiger partial charge in [-0.05, 0) is 26.2 Å². The van der Waals surface area contributed by atoms with Gasteiger partial charge in [-0.15, -0.1) is 0 Å². The number of aromatic carboxylic acids is 1. The summed E-state index contributed by atoms with van der Waals surface area (Å²) in [5, 5.41) is 15.0. The molecule has 1 fully saturated rings. The lowest BCUT2D eigenvalue weighted by Crippen LogP contribution is -2.35. The van der Waals surface area contributed by atoms with Gasteiger partial charge in [0.05, 0.1) is 5.69 Å². The zero-order chi connectivity index (χ0) is 14.4. The summed E-state index contributed by atoms with van der Waals surface area (Å²) in [6.45, 7) is 5.73. The number of aromatic amines is 1. The molecule has 0 saturated carbocycles. The minimum Gasteiger partial charge on any atom is -0.476 e. The molecule has 0 aliphatic carbocycles. The predicted molar refractivity (Wildman–Crippen MR) is 67.4 cm³/mol. The number of nitrogens with zero attached hydrogens (tertiary/aromatic N) is 2.